The Kier molecular flexibility index (Phi) is 5.31. The number of piperidine rings is 1. The lowest BCUT2D eigenvalue weighted by Gasteiger charge is -2.44. The third-order valence-electron chi connectivity index (χ3n) is 6.91. The maximum Gasteiger partial charge on any atom is 0.274 e. The van der Waals surface area contributed by atoms with E-state index in [2.05, 4.69) is 16.3 Å². The second-order valence-electron chi connectivity index (χ2n) is 9.04. The third-order valence-corrected chi connectivity index (χ3v) is 7.78. The van der Waals surface area contributed by atoms with Crippen LogP contribution in [0.15, 0.2) is 34.4 Å². The second-order valence-corrected chi connectivity index (χ2v) is 9.99. The summed E-state index contributed by atoms with van der Waals surface area (Å²) in [6, 6.07) is 7.50. The minimum Gasteiger partial charge on any atom is -0.317 e. The number of hydrogen-bond acceptors (Lipinski definition) is 4. The minimum absolute atomic E-state index is 0.0529. The number of fused-ring (bicyclic) bond motifs is 4. The Labute approximate surface area is 175 Å². The van der Waals surface area contributed by atoms with Crippen LogP contribution in [0.1, 0.15) is 59.8 Å². The predicted molar refractivity (Wildman–Crippen MR) is 117 cm³/mol. The highest BCUT2D eigenvalue weighted by atomic mass is 32.1. The molecular weight excluding hydrogens is 382 g/mol. The Morgan fingerprint density at radius 3 is 2.76 bits per heavy atom. The summed E-state index contributed by atoms with van der Waals surface area (Å²) in [7, 11) is 0. The number of anilines is 1. The Morgan fingerprint density at radius 2 is 1.97 bits per heavy atom. The van der Waals surface area contributed by atoms with Crippen molar-refractivity contribution in [3.8, 4) is 0 Å². The first-order valence-electron chi connectivity index (χ1n) is 11.0. The first kappa shape index (κ1) is 19.1. The molecule has 2 atom stereocenters. The zero-order valence-corrected chi connectivity index (χ0v) is 17.6. The average molecular weight is 412 g/mol. The normalized spacial score (nSPS) is 24.8. The largest absolute Gasteiger partial charge is 0.317 e. The summed E-state index contributed by atoms with van der Waals surface area (Å²) in [6.45, 7) is 4.17. The molecule has 1 amide bonds. The molecule has 2 aliphatic heterocycles. The molecule has 0 radical (unpaired) electrons. The van der Waals surface area contributed by atoms with Crippen molar-refractivity contribution in [1.29, 1.82) is 0 Å². The molecule has 1 N–H and O–H groups in total. The molecule has 4 heterocycles. The van der Waals surface area contributed by atoms with Gasteiger partial charge in [-0.2, -0.15) is 0 Å². The van der Waals surface area contributed by atoms with Gasteiger partial charge in [0.1, 0.15) is 5.69 Å². The van der Waals surface area contributed by atoms with Crippen LogP contribution in [-0.2, 0) is 6.54 Å². The highest BCUT2D eigenvalue weighted by molar-refractivity contribution is 7.12. The number of rotatable bonds is 4. The smallest absolute Gasteiger partial charge is 0.274 e. The Morgan fingerprint density at radius 1 is 1.10 bits per heavy atom. The maximum atomic E-state index is 13.1. The molecule has 0 spiro atoms. The van der Waals surface area contributed by atoms with Gasteiger partial charge >= 0.3 is 0 Å². The van der Waals surface area contributed by atoms with Crippen LogP contribution in [-0.4, -0.2) is 35.0 Å². The molecule has 0 aromatic carbocycles. The summed E-state index contributed by atoms with van der Waals surface area (Å²) in [5.74, 6) is 1.62. The number of likely N-dealkylation sites (tertiary alicyclic amines) is 1. The quantitative estimate of drug-likeness (QED) is 0.822. The van der Waals surface area contributed by atoms with E-state index in [1.165, 1.54) is 56.4 Å². The zero-order chi connectivity index (χ0) is 19.8. The van der Waals surface area contributed by atoms with Gasteiger partial charge in [-0.1, -0.05) is 25.3 Å². The molecule has 0 unspecified atom stereocenters. The van der Waals surface area contributed by atoms with Gasteiger partial charge in [-0.3, -0.25) is 9.59 Å². The highest BCUT2D eigenvalue weighted by Gasteiger charge is 2.35. The maximum absolute atomic E-state index is 13.1. The molecule has 1 saturated heterocycles. The summed E-state index contributed by atoms with van der Waals surface area (Å²) >= 11 is 1.39. The Balaban J connectivity index is 1.32. The van der Waals surface area contributed by atoms with Crippen LogP contribution in [0.3, 0.4) is 0 Å². The van der Waals surface area contributed by atoms with Crippen molar-refractivity contribution in [1.82, 2.24) is 9.47 Å². The molecule has 2 bridgehead atoms. The van der Waals surface area contributed by atoms with Gasteiger partial charge in [0.05, 0.1) is 4.88 Å². The second kappa shape index (κ2) is 8.07. The van der Waals surface area contributed by atoms with Gasteiger partial charge in [-0.05, 0) is 54.7 Å². The summed E-state index contributed by atoms with van der Waals surface area (Å²) in [4.78, 5) is 28.7. The summed E-state index contributed by atoms with van der Waals surface area (Å²) < 4.78 is 1.93. The highest BCUT2D eigenvalue weighted by Crippen LogP contribution is 2.36. The van der Waals surface area contributed by atoms with Gasteiger partial charge in [-0.15, -0.1) is 11.3 Å². The SMILES string of the molecule is O=C(Nc1ccc2n(c1=O)C[C@@H]1C[C@@H]2CN(CC2CCCCC2)C1)c1cccs1. The van der Waals surface area contributed by atoms with Crippen LogP contribution in [0, 0.1) is 11.8 Å². The van der Waals surface area contributed by atoms with Crippen molar-refractivity contribution in [2.24, 2.45) is 11.8 Å². The number of carbonyl (C=O) groups is 1. The van der Waals surface area contributed by atoms with Crippen molar-refractivity contribution >= 4 is 22.9 Å². The van der Waals surface area contributed by atoms with E-state index in [-0.39, 0.29) is 11.5 Å². The van der Waals surface area contributed by atoms with Crippen molar-refractivity contribution in [2.45, 2.75) is 51.0 Å². The van der Waals surface area contributed by atoms with Gasteiger partial charge in [0.25, 0.3) is 11.5 Å². The number of hydrogen-bond donors (Lipinski definition) is 1. The molecule has 6 heteroatoms. The number of nitrogens with one attached hydrogen (secondary N) is 1. The fraction of sp³-hybridized carbons (Fsp3) is 0.565. The van der Waals surface area contributed by atoms with E-state index in [0.717, 1.165) is 31.2 Å². The van der Waals surface area contributed by atoms with Crippen LogP contribution < -0.4 is 10.9 Å². The standard InChI is InChI=1S/C23H29N3O2S/c27-22(21-7-4-10-29-21)24-19-8-9-20-18-11-17(14-26(20)23(19)28)13-25(15-18)12-16-5-2-1-3-6-16/h4,7-10,16-18H,1-3,5-6,11-15H2,(H,24,27)/t17-,18-/m1/s1. The summed E-state index contributed by atoms with van der Waals surface area (Å²) in [6.07, 6.45) is 8.14. The number of aromatic nitrogens is 1. The van der Waals surface area contributed by atoms with E-state index in [1.807, 2.05) is 16.0 Å². The first-order valence-corrected chi connectivity index (χ1v) is 11.9. The number of nitrogens with zero attached hydrogens (tertiary/aromatic N) is 2. The zero-order valence-electron chi connectivity index (χ0n) is 16.8. The lowest BCUT2D eigenvalue weighted by molar-refractivity contribution is 0.0967. The number of thiophene rings is 1. The van der Waals surface area contributed by atoms with Crippen molar-refractivity contribution in [3.05, 3.63) is 50.6 Å². The molecule has 3 aliphatic rings. The Bertz CT molecular complexity index is 930. The molecule has 5 nitrogen and oxygen atoms in total. The van der Waals surface area contributed by atoms with Crippen molar-refractivity contribution in [2.75, 3.05) is 25.0 Å². The van der Waals surface area contributed by atoms with Crippen LogP contribution in [0.2, 0.25) is 0 Å². The van der Waals surface area contributed by atoms with Gasteiger partial charge in [0.15, 0.2) is 0 Å². The summed E-state index contributed by atoms with van der Waals surface area (Å²) in [5, 5.41) is 4.69. The molecule has 1 saturated carbocycles. The van der Waals surface area contributed by atoms with Crippen LogP contribution in [0.5, 0.6) is 0 Å². The van der Waals surface area contributed by atoms with Gasteiger partial charge < -0.3 is 14.8 Å². The van der Waals surface area contributed by atoms with Crippen LogP contribution >= 0.6 is 11.3 Å². The summed E-state index contributed by atoms with van der Waals surface area (Å²) in [5.41, 5.74) is 1.49. The lowest BCUT2D eigenvalue weighted by Crippen LogP contribution is -2.48. The molecule has 2 aromatic rings. The Hall–Kier alpha value is -1.92. The molecule has 5 rings (SSSR count). The van der Waals surface area contributed by atoms with Crippen LogP contribution in [0.25, 0.3) is 0 Å². The monoisotopic (exact) mass is 411 g/mol. The number of carbonyl (C=O) groups excluding carboxylic acids is 1. The van der Waals surface area contributed by atoms with E-state index in [9.17, 15) is 9.59 Å². The number of pyridine rings is 1. The molecule has 2 fully saturated rings. The van der Waals surface area contributed by atoms with E-state index in [0.29, 0.717) is 22.4 Å². The lowest BCUT2D eigenvalue weighted by atomic mass is 9.81. The predicted octanol–water partition coefficient (Wildman–Crippen LogP) is 4.16. The number of amides is 1. The van der Waals surface area contributed by atoms with Crippen molar-refractivity contribution in [3.63, 3.8) is 0 Å². The van der Waals surface area contributed by atoms with E-state index in [4.69, 9.17) is 0 Å². The third kappa shape index (κ3) is 3.92. The topological polar surface area (TPSA) is 54.3 Å². The molecule has 154 valence electrons. The molecule has 29 heavy (non-hydrogen) atoms. The fourth-order valence-corrected chi connectivity index (χ4v) is 6.23. The van der Waals surface area contributed by atoms with Crippen LogP contribution in [0.4, 0.5) is 5.69 Å². The van der Waals surface area contributed by atoms with E-state index in [1.54, 1.807) is 12.1 Å². The van der Waals surface area contributed by atoms with Gasteiger partial charge in [0, 0.05) is 37.8 Å². The van der Waals surface area contributed by atoms with E-state index < -0.39 is 0 Å². The molecule has 1 aliphatic carbocycles. The van der Waals surface area contributed by atoms with Crippen molar-refractivity contribution < 1.29 is 4.79 Å². The first-order chi connectivity index (χ1) is 14.2. The minimum atomic E-state index is -0.202. The van der Waals surface area contributed by atoms with Gasteiger partial charge in [0.2, 0.25) is 0 Å². The molecular formula is C23H29N3O2S. The van der Waals surface area contributed by atoms with Gasteiger partial charge in [-0.25, -0.2) is 0 Å². The fourth-order valence-electron chi connectivity index (χ4n) is 5.62. The molecule has 2 aromatic heterocycles. The average Bonchev–Trinajstić information content (AvgIpc) is 3.26. The van der Waals surface area contributed by atoms with E-state index >= 15 is 0 Å².